The number of carbonyl (C=O) groups excluding carboxylic acids is 2. The van der Waals surface area contributed by atoms with E-state index in [4.69, 9.17) is 0 Å². The van der Waals surface area contributed by atoms with E-state index < -0.39 is 4.92 Å². The van der Waals surface area contributed by atoms with Gasteiger partial charge in [0, 0.05) is 25.1 Å². The average Bonchev–Trinajstić information content (AvgIpc) is 2.65. The summed E-state index contributed by atoms with van der Waals surface area (Å²) >= 11 is 0. The lowest BCUT2D eigenvalue weighted by molar-refractivity contribution is -0.385. The van der Waals surface area contributed by atoms with Crippen LogP contribution in [0.1, 0.15) is 19.4 Å². The van der Waals surface area contributed by atoms with Crippen LogP contribution in [0.5, 0.6) is 0 Å². The van der Waals surface area contributed by atoms with Gasteiger partial charge in [-0.25, -0.2) is 10.0 Å². The van der Waals surface area contributed by atoms with Gasteiger partial charge in [0.2, 0.25) is 11.8 Å². The lowest BCUT2D eigenvalue weighted by Crippen LogP contribution is -2.42. The zero-order chi connectivity index (χ0) is 14.9. The fraction of sp³-hybridized carbons (Fsp3) is 0.385. The van der Waals surface area contributed by atoms with Crippen LogP contribution < -0.4 is 0 Å². The first-order chi connectivity index (χ1) is 9.41. The number of rotatable bonds is 3. The number of imide groups is 1. The summed E-state index contributed by atoms with van der Waals surface area (Å²) in [5.41, 5.74) is 0.466. The number of hydrogen-bond donors (Lipinski definition) is 0. The number of carbonyl (C=O) groups is 2. The molecule has 20 heavy (non-hydrogen) atoms. The third kappa shape index (κ3) is 2.53. The predicted octanol–water partition coefficient (Wildman–Crippen LogP) is 1.34. The molecule has 1 unspecified atom stereocenters. The number of nitrogens with zero attached hydrogens (tertiary/aromatic N) is 3. The number of para-hydroxylation sites is 1. The first-order valence-electron chi connectivity index (χ1n) is 6.23. The molecule has 1 aliphatic heterocycles. The van der Waals surface area contributed by atoms with Gasteiger partial charge in [0.25, 0.3) is 5.69 Å². The van der Waals surface area contributed by atoms with Gasteiger partial charge in [0.1, 0.15) is 0 Å². The van der Waals surface area contributed by atoms with Gasteiger partial charge in [-0.3, -0.25) is 19.7 Å². The van der Waals surface area contributed by atoms with Crippen LogP contribution in [0.3, 0.4) is 0 Å². The zero-order valence-electron chi connectivity index (χ0n) is 11.3. The number of nitro benzene ring substituents is 1. The van der Waals surface area contributed by atoms with E-state index in [2.05, 4.69) is 0 Å². The maximum absolute atomic E-state index is 11.9. The largest absolute Gasteiger partial charge is 0.273 e. The molecule has 1 saturated heterocycles. The van der Waals surface area contributed by atoms with Crippen LogP contribution >= 0.6 is 0 Å². The van der Waals surface area contributed by atoms with E-state index in [9.17, 15) is 19.7 Å². The highest BCUT2D eigenvalue weighted by molar-refractivity contribution is 5.96. The van der Waals surface area contributed by atoms with E-state index in [-0.39, 0.29) is 30.0 Å². The predicted molar refractivity (Wildman–Crippen MR) is 70.2 cm³/mol. The standard InChI is InChI=1S/C13H15N3O4/c1-9-7-14(15(10(2)17)13(9)18)8-11-5-3-4-6-12(11)16(19)20/h3-6,9H,7-8H2,1-2H3. The van der Waals surface area contributed by atoms with Gasteiger partial charge >= 0.3 is 0 Å². The van der Waals surface area contributed by atoms with Crippen LogP contribution in [0.15, 0.2) is 24.3 Å². The highest BCUT2D eigenvalue weighted by Crippen LogP contribution is 2.25. The molecule has 0 bridgehead atoms. The maximum Gasteiger partial charge on any atom is 0.273 e. The summed E-state index contributed by atoms with van der Waals surface area (Å²) in [5.74, 6) is -0.935. The molecule has 7 nitrogen and oxygen atoms in total. The van der Waals surface area contributed by atoms with Crippen LogP contribution in [0.25, 0.3) is 0 Å². The van der Waals surface area contributed by atoms with Gasteiger partial charge in [0.15, 0.2) is 0 Å². The molecule has 7 heteroatoms. The van der Waals surface area contributed by atoms with Crippen LogP contribution in [0.4, 0.5) is 5.69 Å². The lowest BCUT2D eigenvalue weighted by Gasteiger charge is -2.24. The first kappa shape index (κ1) is 14.1. The minimum atomic E-state index is -0.464. The number of hydrogen-bond acceptors (Lipinski definition) is 5. The van der Waals surface area contributed by atoms with E-state index >= 15 is 0 Å². The average molecular weight is 277 g/mol. The van der Waals surface area contributed by atoms with Crippen molar-refractivity contribution in [1.82, 2.24) is 10.0 Å². The van der Waals surface area contributed by atoms with Crippen molar-refractivity contribution in [1.29, 1.82) is 0 Å². The highest BCUT2D eigenvalue weighted by atomic mass is 16.6. The van der Waals surface area contributed by atoms with Crippen LogP contribution in [-0.2, 0) is 16.1 Å². The molecule has 1 aliphatic rings. The SMILES string of the molecule is CC(=O)N1C(=O)C(C)CN1Cc1ccccc1[N+](=O)[O-]. The molecule has 0 aromatic heterocycles. The minimum Gasteiger partial charge on any atom is -0.273 e. The van der Waals surface area contributed by atoms with E-state index in [0.717, 1.165) is 5.01 Å². The van der Waals surface area contributed by atoms with Gasteiger partial charge in [-0.1, -0.05) is 25.1 Å². The van der Waals surface area contributed by atoms with Gasteiger partial charge in [-0.2, -0.15) is 0 Å². The number of benzene rings is 1. The Labute approximate surface area is 115 Å². The second kappa shape index (κ2) is 5.38. The Morgan fingerprint density at radius 3 is 2.70 bits per heavy atom. The van der Waals surface area contributed by atoms with Crippen molar-refractivity contribution in [2.75, 3.05) is 6.54 Å². The lowest BCUT2D eigenvalue weighted by atomic mass is 10.1. The van der Waals surface area contributed by atoms with Crippen molar-refractivity contribution < 1.29 is 14.5 Å². The van der Waals surface area contributed by atoms with Gasteiger partial charge < -0.3 is 0 Å². The molecular weight excluding hydrogens is 262 g/mol. The Hall–Kier alpha value is -2.28. The fourth-order valence-electron chi connectivity index (χ4n) is 2.33. The molecule has 1 aromatic rings. The number of amides is 2. The summed E-state index contributed by atoms with van der Waals surface area (Å²) in [6, 6.07) is 6.32. The van der Waals surface area contributed by atoms with Crippen LogP contribution in [0, 0.1) is 16.0 Å². The molecule has 1 heterocycles. The Morgan fingerprint density at radius 2 is 2.10 bits per heavy atom. The molecule has 0 N–H and O–H groups in total. The number of hydrazine groups is 1. The third-order valence-corrected chi connectivity index (χ3v) is 3.24. The Bertz CT molecular complexity index is 572. The molecule has 0 saturated carbocycles. The van der Waals surface area contributed by atoms with Crippen LogP contribution in [-0.4, -0.2) is 33.3 Å². The normalized spacial score (nSPS) is 19.4. The molecule has 1 atom stereocenters. The summed E-state index contributed by atoms with van der Waals surface area (Å²) in [6.07, 6.45) is 0. The minimum absolute atomic E-state index is 0.0111. The van der Waals surface area contributed by atoms with E-state index in [1.54, 1.807) is 30.1 Å². The van der Waals surface area contributed by atoms with Crippen molar-refractivity contribution in [2.45, 2.75) is 20.4 Å². The fourth-order valence-corrected chi connectivity index (χ4v) is 2.33. The molecule has 1 fully saturated rings. The van der Waals surface area contributed by atoms with Crippen molar-refractivity contribution in [3.8, 4) is 0 Å². The Kier molecular flexibility index (Phi) is 3.80. The molecule has 0 spiro atoms. The molecule has 0 aliphatic carbocycles. The monoisotopic (exact) mass is 277 g/mol. The molecule has 2 rings (SSSR count). The van der Waals surface area contributed by atoms with E-state index in [1.165, 1.54) is 13.0 Å². The molecule has 0 radical (unpaired) electrons. The van der Waals surface area contributed by atoms with E-state index in [1.807, 2.05) is 0 Å². The second-order valence-corrected chi connectivity index (χ2v) is 4.80. The topological polar surface area (TPSA) is 83.8 Å². The first-order valence-corrected chi connectivity index (χ1v) is 6.23. The van der Waals surface area contributed by atoms with Crippen LogP contribution in [0.2, 0.25) is 0 Å². The van der Waals surface area contributed by atoms with E-state index in [0.29, 0.717) is 12.1 Å². The molecular formula is C13H15N3O4. The van der Waals surface area contributed by atoms with Gasteiger partial charge in [0.05, 0.1) is 17.4 Å². The highest BCUT2D eigenvalue weighted by Gasteiger charge is 2.38. The Balaban J connectivity index is 2.28. The summed E-state index contributed by atoms with van der Waals surface area (Å²) in [4.78, 5) is 34.0. The summed E-state index contributed by atoms with van der Waals surface area (Å²) in [7, 11) is 0. The summed E-state index contributed by atoms with van der Waals surface area (Å²) in [5, 5.41) is 13.6. The number of nitro groups is 1. The molecule has 106 valence electrons. The molecule has 2 amide bonds. The smallest absolute Gasteiger partial charge is 0.273 e. The van der Waals surface area contributed by atoms with Gasteiger partial charge in [-0.15, -0.1) is 0 Å². The zero-order valence-corrected chi connectivity index (χ0v) is 11.3. The molecule has 1 aromatic carbocycles. The quantitative estimate of drug-likeness (QED) is 0.615. The third-order valence-electron chi connectivity index (χ3n) is 3.24. The van der Waals surface area contributed by atoms with Crippen molar-refractivity contribution in [3.05, 3.63) is 39.9 Å². The summed E-state index contributed by atoms with van der Waals surface area (Å²) in [6.45, 7) is 3.58. The second-order valence-electron chi connectivity index (χ2n) is 4.80. The Morgan fingerprint density at radius 1 is 1.45 bits per heavy atom. The van der Waals surface area contributed by atoms with Crippen molar-refractivity contribution >= 4 is 17.5 Å². The van der Waals surface area contributed by atoms with Crippen molar-refractivity contribution in [2.24, 2.45) is 5.92 Å². The maximum atomic E-state index is 11.9. The summed E-state index contributed by atoms with van der Waals surface area (Å²) < 4.78 is 0. The van der Waals surface area contributed by atoms with Gasteiger partial charge in [-0.05, 0) is 0 Å². The van der Waals surface area contributed by atoms with Crippen molar-refractivity contribution in [3.63, 3.8) is 0 Å².